The molecule has 0 atom stereocenters. The SMILES string of the molecule is COc1ccccc1NC(=O)CCC1CCNCC1.Cl. The number of amides is 1. The van der Waals surface area contributed by atoms with Gasteiger partial charge in [-0.15, -0.1) is 12.4 Å². The molecule has 1 aliphatic rings. The van der Waals surface area contributed by atoms with Crippen molar-refractivity contribution in [1.82, 2.24) is 5.32 Å². The third kappa shape index (κ3) is 5.02. The molecule has 0 spiro atoms. The number of methoxy groups -OCH3 is 1. The van der Waals surface area contributed by atoms with Gasteiger partial charge in [0.15, 0.2) is 0 Å². The van der Waals surface area contributed by atoms with Crippen LogP contribution < -0.4 is 15.4 Å². The molecule has 1 aromatic carbocycles. The van der Waals surface area contributed by atoms with E-state index in [2.05, 4.69) is 10.6 Å². The summed E-state index contributed by atoms with van der Waals surface area (Å²) in [5.74, 6) is 1.46. The van der Waals surface area contributed by atoms with Crippen molar-refractivity contribution >= 4 is 24.0 Å². The standard InChI is InChI=1S/C15H22N2O2.ClH/c1-19-14-5-3-2-4-13(14)17-15(18)7-6-12-8-10-16-11-9-12;/h2-5,12,16H,6-11H2,1H3,(H,17,18);1H. The Labute approximate surface area is 126 Å². The van der Waals surface area contributed by atoms with Gasteiger partial charge in [-0.1, -0.05) is 12.1 Å². The van der Waals surface area contributed by atoms with Gasteiger partial charge in [0, 0.05) is 6.42 Å². The van der Waals surface area contributed by atoms with Crippen LogP contribution in [0.5, 0.6) is 5.75 Å². The Morgan fingerprint density at radius 2 is 2.05 bits per heavy atom. The minimum atomic E-state index is 0. The van der Waals surface area contributed by atoms with Gasteiger partial charge in [0.1, 0.15) is 5.75 Å². The molecule has 0 saturated carbocycles. The molecule has 1 fully saturated rings. The van der Waals surface area contributed by atoms with Gasteiger partial charge in [0.25, 0.3) is 0 Å². The monoisotopic (exact) mass is 298 g/mol. The van der Waals surface area contributed by atoms with Gasteiger partial charge in [-0.05, 0) is 50.4 Å². The molecule has 0 radical (unpaired) electrons. The van der Waals surface area contributed by atoms with Crippen LogP contribution in [-0.4, -0.2) is 26.1 Å². The second-order valence-electron chi connectivity index (χ2n) is 4.98. The first-order chi connectivity index (χ1) is 9.29. The van der Waals surface area contributed by atoms with Crippen LogP contribution in [0.1, 0.15) is 25.7 Å². The molecular weight excluding hydrogens is 276 g/mol. The molecule has 1 aromatic rings. The number of hydrogen-bond donors (Lipinski definition) is 2. The molecule has 4 nitrogen and oxygen atoms in total. The van der Waals surface area contributed by atoms with Crippen molar-refractivity contribution in [2.45, 2.75) is 25.7 Å². The van der Waals surface area contributed by atoms with Gasteiger partial charge >= 0.3 is 0 Å². The van der Waals surface area contributed by atoms with E-state index in [1.807, 2.05) is 24.3 Å². The fraction of sp³-hybridized carbons (Fsp3) is 0.533. The highest BCUT2D eigenvalue weighted by molar-refractivity contribution is 5.92. The maximum atomic E-state index is 11.9. The Morgan fingerprint density at radius 1 is 1.35 bits per heavy atom. The smallest absolute Gasteiger partial charge is 0.224 e. The van der Waals surface area contributed by atoms with Gasteiger partial charge in [-0.25, -0.2) is 0 Å². The van der Waals surface area contributed by atoms with E-state index in [9.17, 15) is 4.79 Å². The van der Waals surface area contributed by atoms with Crippen LogP contribution in [0.25, 0.3) is 0 Å². The number of carbonyl (C=O) groups excluding carboxylic acids is 1. The highest BCUT2D eigenvalue weighted by atomic mass is 35.5. The van der Waals surface area contributed by atoms with Gasteiger partial charge in [0.2, 0.25) is 5.91 Å². The molecule has 1 saturated heterocycles. The molecule has 2 rings (SSSR count). The van der Waals surface area contributed by atoms with Crippen molar-refractivity contribution in [3.63, 3.8) is 0 Å². The molecule has 0 aliphatic carbocycles. The van der Waals surface area contributed by atoms with Crippen LogP contribution >= 0.6 is 12.4 Å². The van der Waals surface area contributed by atoms with Crippen LogP contribution in [0.15, 0.2) is 24.3 Å². The Bertz CT molecular complexity index is 420. The summed E-state index contributed by atoms with van der Waals surface area (Å²) in [6.45, 7) is 2.16. The average Bonchev–Trinajstić information content (AvgIpc) is 2.47. The molecule has 1 aliphatic heterocycles. The van der Waals surface area contributed by atoms with E-state index in [0.29, 0.717) is 18.1 Å². The van der Waals surface area contributed by atoms with E-state index < -0.39 is 0 Å². The number of anilines is 1. The second kappa shape index (κ2) is 8.82. The van der Waals surface area contributed by atoms with E-state index in [0.717, 1.165) is 25.2 Å². The van der Waals surface area contributed by atoms with Crippen LogP contribution in [0, 0.1) is 5.92 Å². The van der Waals surface area contributed by atoms with E-state index >= 15 is 0 Å². The molecule has 5 heteroatoms. The maximum absolute atomic E-state index is 11.9. The Kier molecular flexibility index (Phi) is 7.41. The number of hydrogen-bond acceptors (Lipinski definition) is 3. The minimum Gasteiger partial charge on any atom is -0.495 e. The van der Waals surface area contributed by atoms with Crippen molar-refractivity contribution in [1.29, 1.82) is 0 Å². The topological polar surface area (TPSA) is 50.4 Å². The van der Waals surface area contributed by atoms with Crippen molar-refractivity contribution in [3.8, 4) is 5.75 Å². The van der Waals surface area contributed by atoms with E-state index in [1.165, 1.54) is 12.8 Å². The van der Waals surface area contributed by atoms with Crippen molar-refractivity contribution < 1.29 is 9.53 Å². The molecule has 0 bridgehead atoms. The Morgan fingerprint density at radius 3 is 2.75 bits per heavy atom. The molecule has 1 heterocycles. The van der Waals surface area contributed by atoms with Crippen molar-refractivity contribution in [2.75, 3.05) is 25.5 Å². The normalized spacial score (nSPS) is 15.2. The van der Waals surface area contributed by atoms with Crippen LogP contribution in [0.3, 0.4) is 0 Å². The van der Waals surface area contributed by atoms with Gasteiger partial charge in [-0.3, -0.25) is 4.79 Å². The quantitative estimate of drug-likeness (QED) is 0.879. The fourth-order valence-corrected chi connectivity index (χ4v) is 2.47. The first kappa shape index (κ1) is 16.8. The number of ether oxygens (including phenoxy) is 1. The largest absolute Gasteiger partial charge is 0.495 e. The molecule has 2 N–H and O–H groups in total. The summed E-state index contributed by atoms with van der Waals surface area (Å²) in [6, 6.07) is 7.50. The Hall–Kier alpha value is -1.26. The molecule has 0 unspecified atom stereocenters. The summed E-state index contributed by atoms with van der Waals surface area (Å²) in [5, 5.41) is 6.26. The lowest BCUT2D eigenvalue weighted by Gasteiger charge is -2.22. The average molecular weight is 299 g/mol. The zero-order chi connectivity index (χ0) is 13.5. The maximum Gasteiger partial charge on any atom is 0.224 e. The van der Waals surface area contributed by atoms with E-state index in [1.54, 1.807) is 7.11 Å². The number of halogens is 1. The summed E-state index contributed by atoms with van der Waals surface area (Å²) in [7, 11) is 1.61. The number of benzene rings is 1. The van der Waals surface area contributed by atoms with Crippen molar-refractivity contribution in [3.05, 3.63) is 24.3 Å². The predicted octanol–water partition coefficient (Wildman–Crippen LogP) is 2.84. The number of nitrogens with one attached hydrogen (secondary N) is 2. The lowest BCUT2D eigenvalue weighted by Crippen LogP contribution is -2.28. The number of para-hydroxylation sites is 2. The number of rotatable bonds is 5. The fourth-order valence-electron chi connectivity index (χ4n) is 2.47. The highest BCUT2D eigenvalue weighted by Gasteiger charge is 2.15. The summed E-state index contributed by atoms with van der Waals surface area (Å²) >= 11 is 0. The zero-order valence-electron chi connectivity index (χ0n) is 11.9. The van der Waals surface area contributed by atoms with Gasteiger partial charge in [0.05, 0.1) is 12.8 Å². The van der Waals surface area contributed by atoms with Crippen LogP contribution in [0.4, 0.5) is 5.69 Å². The second-order valence-corrected chi connectivity index (χ2v) is 4.98. The summed E-state index contributed by atoms with van der Waals surface area (Å²) in [6.07, 6.45) is 3.93. The lowest BCUT2D eigenvalue weighted by molar-refractivity contribution is -0.116. The minimum absolute atomic E-state index is 0. The van der Waals surface area contributed by atoms with Gasteiger partial charge < -0.3 is 15.4 Å². The van der Waals surface area contributed by atoms with Crippen molar-refractivity contribution in [2.24, 2.45) is 5.92 Å². The number of carbonyl (C=O) groups is 1. The molecule has 1 amide bonds. The van der Waals surface area contributed by atoms with E-state index in [-0.39, 0.29) is 18.3 Å². The summed E-state index contributed by atoms with van der Waals surface area (Å²) in [4.78, 5) is 11.9. The molecule has 20 heavy (non-hydrogen) atoms. The third-order valence-electron chi connectivity index (χ3n) is 3.62. The first-order valence-electron chi connectivity index (χ1n) is 6.93. The number of piperidine rings is 1. The summed E-state index contributed by atoms with van der Waals surface area (Å²) in [5.41, 5.74) is 0.750. The highest BCUT2D eigenvalue weighted by Crippen LogP contribution is 2.24. The van der Waals surface area contributed by atoms with Crippen LogP contribution in [0.2, 0.25) is 0 Å². The predicted molar refractivity (Wildman–Crippen MR) is 83.7 cm³/mol. The van der Waals surface area contributed by atoms with E-state index in [4.69, 9.17) is 4.74 Å². The zero-order valence-corrected chi connectivity index (χ0v) is 12.7. The summed E-state index contributed by atoms with van der Waals surface area (Å²) < 4.78 is 5.22. The molecular formula is C15H23ClN2O2. The third-order valence-corrected chi connectivity index (χ3v) is 3.62. The van der Waals surface area contributed by atoms with Crippen LogP contribution in [-0.2, 0) is 4.79 Å². The molecule has 112 valence electrons. The van der Waals surface area contributed by atoms with Gasteiger partial charge in [-0.2, -0.15) is 0 Å². The molecule has 0 aromatic heterocycles. The first-order valence-corrected chi connectivity index (χ1v) is 6.93. The lowest BCUT2D eigenvalue weighted by atomic mass is 9.93. The Balaban J connectivity index is 0.00000200.